The number of aliphatic carboxylic acids is 1. The van der Waals surface area contributed by atoms with E-state index < -0.39 is 29.9 Å². The highest BCUT2D eigenvalue weighted by Gasteiger charge is 2.58. The first kappa shape index (κ1) is 20.5. The molecule has 2 amide bonds. The van der Waals surface area contributed by atoms with Gasteiger partial charge >= 0.3 is 0 Å². The van der Waals surface area contributed by atoms with Gasteiger partial charge in [-0.25, -0.2) is 4.57 Å². The van der Waals surface area contributed by atoms with Crippen molar-refractivity contribution in [2.45, 2.75) is 32.5 Å². The SMILES string of the molecule is C[C@@H](O)[C@H]1C(=O)N2C(C(=O)[O-])=C(C[n+]3cc4scc(C(=O)NCCO)n4c3)[C@H](C)[C@H]12. The molecule has 0 saturated carbocycles. The second kappa shape index (κ2) is 7.49. The monoisotopic (exact) mass is 434 g/mol. The number of carbonyl (C=O) groups excluding carboxylic acids is 3. The number of aromatic nitrogens is 2. The van der Waals surface area contributed by atoms with E-state index >= 15 is 0 Å². The van der Waals surface area contributed by atoms with Crippen molar-refractivity contribution in [2.24, 2.45) is 11.8 Å². The van der Waals surface area contributed by atoms with Crippen molar-refractivity contribution < 1.29 is 34.3 Å². The lowest BCUT2D eigenvalue weighted by molar-refractivity contribution is -0.688. The Bertz CT molecular complexity index is 1070. The number of carbonyl (C=O) groups is 3. The van der Waals surface area contributed by atoms with Crippen LogP contribution in [0.3, 0.4) is 0 Å². The van der Waals surface area contributed by atoms with Gasteiger partial charge in [0.25, 0.3) is 12.2 Å². The summed E-state index contributed by atoms with van der Waals surface area (Å²) in [5.74, 6) is -3.02. The Morgan fingerprint density at radius 1 is 1.43 bits per heavy atom. The predicted octanol–water partition coefficient (Wildman–Crippen LogP) is -2.13. The Morgan fingerprint density at radius 3 is 2.80 bits per heavy atom. The van der Waals surface area contributed by atoms with Crippen LogP contribution in [0.5, 0.6) is 0 Å². The molecule has 0 bridgehead atoms. The Morgan fingerprint density at radius 2 is 2.17 bits per heavy atom. The maximum absolute atomic E-state index is 12.4. The molecule has 10 nitrogen and oxygen atoms in total. The standard InChI is InChI=1S/C19H22N4O6S/c1-9-11(16(19(28)29)23-15(9)14(10(2)25)18(23)27)5-21-6-13-22(8-21)12(7-30-13)17(26)20-3-4-24/h6-10,14-15,24-25H,3-5H2,1-2H3,(H-,20,26,28,29)/t9-,10+,14+,15+/m0/s1. The lowest BCUT2D eigenvalue weighted by Gasteiger charge is -2.47. The van der Waals surface area contributed by atoms with E-state index in [1.807, 2.05) is 6.92 Å². The molecule has 0 aliphatic carbocycles. The molecule has 1 fully saturated rings. The third-order valence-corrected chi connectivity index (χ3v) is 6.70. The van der Waals surface area contributed by atoms with Gasteiger partial charge in [-0.3, -0.25) is 9.59 Å². The zero-order valence-electron chi connectivity index (χ0n) is 16.4. The summed E-state index contributed by atoms with van der Waals surface area (Å²) in [4.78, 5) is 38.5. The van der Waals surface area contributed by atoms with Crippen molar-refractivity contribution in [1.29, 1.82) is 0 Å². The Balaban J connectivity index is 1.64. The summed E-state index contributed by atoms with van der Waals surface area (Å²) in [7, 11) is 0. The molecule has 0 radical (unpaired) electrons. The number of fused-ring (bicyclic) bond motifs is 2. The molecule has 30 heavy (non-hydrogen) atoms. The minimum Gasteiger partial charge on any atom is -0.543 e. The van der Waals surface area contributed by atoms with Gasteiger partial charge in [0, 0.05) is 23.4 Å². The van der Waals surface area contributed by atoms with Crippen LogP contribution >= 0.6 is 11.3 Å². The predicted molar refractivity (Wildman–Crippen MR) is 102 cm³/mol. The summed E-state index contributed by atoms with van der Waals surface area (Å²) in [5, 5.41) is 34.9. The topological polar surface area (TPSA) is 138 Å². The molecule has 2 aliphatic rings. The molecule has 0 unspecified atom stereocenters. The number of carboxylic acids is 1. The minimum absolute atomic E-state index is 0.127. The normalized spacial score (nSPS) is 24.2. The van der Waals surface area contributed by atoms with E-state index in [2.05, 4.69) is 5.32 Å². The van der Waals surface area contributed by atoms with E-state index in [1.165, 1.54) is 23.2 Å². The average molecular weight is 434 g/mol. The van der Waals surface area contributed by atoms with Gasteiger partial charge in [-0.05, 0) is 6.92 Å². The van der Waals surface area contributed by atoms with E-state index in [1.54, 1.807) is 26.9 Å². The Labute approximate surface area is 175 Å². The average Bonchev–Trinajstić information content (AvgIpc) is 3.31. The number of thiazole rings is 1. The van der Waals surface area contributed by atoms with Crippen LogP contribution in [0, 0.1) is 11.8 Å². The largest absolute Gasteiger partial charge is 0.543 e. The molecule has 2 aromatic rings. The van der Waals surface area contributed by atoms with Gasteiger partial charge in [0.15, 0.2) is 0 Å². The smallest absolute Gasteiger partial charge is 0.292 e. The Kier molecular flexibility index (Phi) is 5.12. The number of nitrogens with one attached hydrogen (secondary N) is 1. The number of carboxylic acid groups (broad SMARTS) is 1. The maximum atomic E-state index is 12.4. The first-order chi connectivity index (χ1) is 14.3. The number of aliphatic hydroxyl groups is 2. The molecule has 11 heteroatoms. The van der Waals surface area contributed by atoms with Crippen LogP contribution in [0.2, 0.25) is 0 Å². The summed E-state index contributed by atoms with van der Waals surface area (Å²) in [5.41, 5.74) is 0.826. The summed E-state index contributed by atoms with van der Waals surface area (Å²) >= 11 is 1.36. The van der Waals surface area contributed by atoms with E-state index in [0.717, 1.165) is 4.83 Å². The second-order valence-corrected chi connectivity index (χ2v) is 8.53. The van der Waals surface area contributed by atoms with Crippen LogP contribution in [0.25, 0.3) is 4.83 Å². The number of hydrogen-bond acceptors (Lipinski definition) is 7. The molecule has 2 aliphatic heterocycles. The number of nitrogens with zero attached hydrogens (tertiary/aromatic N) is 3. The lowest BCUT2D eigenvalue weighted by Crippen LogP contribution is -2.64. The molecule has 1 saturated heterocycles. The van der Waals surface area contributed by atoms with E-state index in [-0.39, 0.29) is 37.2 Å². The van der Waals surface area contributed by atoms with Gasteiger partial charge in [0.1, 0.15) is 12.7 Å². The van der Waals surface area contributed by atoms with Crippen LogP contribution in [0.1, 0.15) is 24.3 Å². The van der Waals surface area contributed by atoms with Gasteiger partial charge in [0.2, 0.25) is 16.4 Å². The van der Waals surface area contributed by atoms with Crippen molar-refractivity contribution in [3.8, 4) is 0 Å². The van der Waals surface area contributed by atoms with Gasteiger partial charge < -0.3 is 30.3 Å². The van der Waals surface area contributed by atoms with Crippen LogP contribution in [0.4, 0.5) is 0 Å². The number of aliphatic hydroxyl groups excluding tert-OH is 2. The molecule has 2 aromatic heterocycles. The fourth-order valence-electron chi connectivity index (χ4n) is 4.43. The van der Waals surface area contributed by atoms with E-state index in [9.17, 15) is 24.6 Å². The highest BCUT2D eigenvalue weighted by molar-refractivity contribution is 7.15. The number of hydrogen-bond donors (Lipinski definition) is 3. The van der Waals surface area contributed by atoms with Crippen LogP contribution in [-0.2, 0) is 16.1 Å². The Hall–Kier alpha value is -2.76. The number of amides is 2. The van der Waals surface area contributed by atoms with Crippen LogP contribution in [-0.4, -0.2) is 62.6 Å². The minimum atomic E-state index is -1.41. The molecule has 0 spiro atoms. The molecular weight excluding hydrogens is 412 g/mol. The summed E-state index contributed by atoms with van der Waals surface area (Å²) in [6.45, 7) is 3.57. The van der Waals surface area contributed by atoms with Gasteiger partial charge in [-0.1, -0.05) is 18.3 Å². The zero-order valence-corrected chi connectivity index (χ0v) is 17.3. The van der Waals surface area contributed by atoms with Crippen LogP contribution in [0.15, 0.2) is 29.2 Å². The highest BCUT2D eigenvalue weighted by atomic mass is 32.1. The summed E-state index contributed by atoms with van der Waals surface area (Å²) < 4.78 is 3.45. The van der Waals surface area contributed by atoms with Gasteiger partial charge in [-0.2, -0.15) is 4.40 Å². The van der Waals surface area contributed by atoms with Crippen molar-refractivity contribution in [3.05, 3.63) is 34.9 Å². The van der Waals surface area contributed by atoms with Gasteiger partial charge in [0.05, 0.1) is 36.3 Å². The lowest BCUT2D eigenvalue weighted by atomic mass is 9.78. The van der Waals surface area contributed by atoms with Crippen LogP contribution < -0.4 is 15.0 Å². The zero-order chi connectivity index (χ0) is 21.7. The van der Waals surface area contributed by atoms with Gasteiger partial charge in [-0.15, -0.1) is 0 Å². The third-order valence-electron chi connectivity index (χ3n) is 5.82. The van der Waals surface area contributed by atoms with Crippen molar-refractivity contribution >= 4 is 34.0 Å². The third kappa shape index (κ3) is 3.01. The molecular formula is C19H22N4O6S. The molecule has 4 atom stereocenters. The number of β-lactam (4-membered cyclic amide) rings is 1. The second-order valence-electron chi connectivity index (χ2n) is 7.64. The number of rotatable bonds is 7. The fourth-order valence-corrected chi connectivity index (χ4v) is 5.34. The van der Waals surface area contributed by atoms with E-state index in [0.29, 0.717) is 11.3 Å². The maximum Gasteiger partial charge on any atom is 0.292 e. The fraction of sp³-hybridized carbons (Fsp3) is 0.474. The van der Waals surface area contributed by atoms with E-state index in [4.69, 9.17) is 5.11 Å². The number of imidazole rings is 1. The molecule has 3 N–H and O–H groups in total. The van der Waals surface area contributed by atoms with Crippen molar-refractivity contribution in [2.75, 3.05) is 13.2 Å². The molecule has 4 rings (SSSR count). The molecule has 4 heterocycles. The van der Waals surface area contributed by atoms with Crippen molar-refractivity contribution in [1.82, 2.24) is 14.6 Å². The first-order valence-corrected chi connectivity index (χ1v) is 10.5. The van der Waals surface area contributed by atoms with Crippen molar-refractivity contribution in [3.63, 3.8) is 0 Å². The molecule has 160 valence electrons. The quantitative estimate of drug-likeness (QED) is 0.336. The highest BCUT2D eigenvalue weighted by Crippen LogP contribution is 2.46. The first-order valence-electron chi connectivity index (χ1n) is 9.59. The summed E-state index contributed by atoms with van der Waals surface area (Å²) in [6.07, 6.45) is 2.62. The summed E-state index contributed by atoms with van der Waals surface area (Å²) in [6, 6.07) is -0.399. The molecule has 0 aromatic carbocycles.